The van der Waals surface area contributed by atoms with Crippen LogP contribution in [-0.4, -0.2) is 16.7 Å². The third kappa shape index (κ3) is 3.93. The molecule has 4 aliphatic rings. The van der Waals surface area contributed by atoms with E-state index in [4.69, 9.17) is 4.74 Å². The van der Waals surface area contributed by atoms with Gasteiger partial charge in [-0.2, -0.15) is 0 Å². The maximum Gasteiger partial charge on any atom is 0.175 e. The maximum atomic E-state index is 14.2. The van der Waals surface area contributed by atoms with Crippen molar-refractivity contribution in [2.75, 3.05) is 0 Å². The van der Waals surface area contributed by atoms with Crippen LogP contribution in [0.25, 0.3) is 6.08 Å². The summed E-state index contributed by atoms with van der Waals surface area (Å²) < 4.78 is 6.90. The molecule has 0 bridgehead atoms. The fourth-order valence-electron chi connectivity index (χ4n) is 7.42. The van der Waals surface area contributed by atoms with E-state index in [1.807, 2.05) is 36.4 Å². The minimum Gasteiger partial charge on any atom is -0.365 e. The van der Waals surface area contributed by atoms with Crippen molar-refractivity contribution in [3.8, 4) is 0 Å². The van der Waals surface area contributed by atoms with Gasteiger partial charge in [-0.05, 0) is 80.6 Å². The highest BCUT2D eigenvalue weighted by atomic mass is 16.6. The first-order valence-electron chi connectivity index (χ1n) is 13.5. The van der Waals surface area contributed by atoms with Crippen molar-refractivity contribution in [3.63, 3.8) is 0 Å². The lowest BCUT2D eigenvalue weighted by Gasteiger charge is -2.56. The van der Waals surface area contributed by atoms with Gasteiger partial charge < -0.3 is 9.84 Å². The van der Waals surface area contributed by atoms with Gasteiger partial charge in [-0.3, -0.25) is 4.79 Å². The molecule has 2 aromatic carbocycles. The number of aliphatic hydroxyl groups is 1. The van der Waals surface area contributed by atoms with Gasteiger partial charge in [-0.25, -0.2) is 0 Å². The summed E-state index contributed by atoms with van der Waals surface area (Å²) in [5.41, 5.74) is 3.75. The zero-order chi connectivity index (χ0) is 23.9. The molecular weight excluding hydrogens is 432 g/mol. The number of Topliss-reactive ketones (excluding diaryl/α,β-unsaturated/α-hetero) is 1. The van der Waals surface area contributed by atoms with Crippen LogP contribution in [0.3, 0.4) is 0 Å². The molecule has 1 spiro atoms. The van der Waals surface area contributed by atoms with E-state index >= 15 is 0 Å². The van der Waals surface area contributed by atoms with E-state index in [0.29, 0.717) is 6.42 Å². The first kappa shape index (κ1) is 22.9. The lowest BCUT2D eigenvalue weighted by molar-refractivity contribution is -0.340. The molecule has 0 amide bonds. The minimum atomic E-state index is -1.20. The molecule has 3 nitrogen and oxygen atoms in total. The number of allylic oxidation sites excluding steroid dienone is 2. The number of fused-ring (bicyclic) bond motifs is 1. The number of rotatable bonds is 3. The smallest absolute Gasteiger partial charge is 0.175 e. The molecule has 6 rings (SSSR count). The minimum absolute atomic E-state index is 0.0101. The van der Waals surface area contributed by atoms with Gasteiger partial charge >= 0.3 is 0 Å². The van der Waals surface area contributed by atoms with Crippen LogP contribution in [0.15, 0.2) is 77.9 Å². The number of hydrogen-bond acceptors (Lipinski definition) is 3. The molecule has 3 fully saturated rings. The van der Waals surface area contributed by atoms with Gasteiger partial charge in [0.05, 0.1) is 11.5 Å². The van der Waals surface area contributed by atoms with Gasteiger partial charge in [-0.15, -0.1) is 0 Å². The number of ether oxygens (including phenoxy) is 1. The first-order valence-corrected chi connectivity index (χ1v) is 13.5. The third-order valence-electron chi connectivity index (χ3n) is 9.15. The molecule has 35 heavy (non-hydrogen) atoms. The van der Waals surface area contributed by atoms with Gasteiger partial charge in [0, 0.05) is 11.8 Å². The second-order valence-electron chi connectivity index (χ2n) is 11.1. The summed E-state index contributed by atoms with van der Waals surface area (Å²) in [5.74, 6) is -0.944. The number of hydrogen-bond donors (Lipinski definition) is 1. The number of carbonyl (C=O) groups excluding carboxylic acids is 1. The van der Waals surface area contributed by atoms with E-state index in [-0.39, 0.29) is 17.6 Å². The molecule has 1 N–H and O–H groups in total. The van der Waals surface area contributed by atoms with Gasteiger partial charge in [0.2, 0.25) is 0 Å². The predicted octanol–water partition coefficient (Wildman–Crippen LogP) is 7.19. The largest absolute Gasteiger partial charge is 0.365 e. The summed E-state index contributed by atoms with van der Waals surface area (Å²) in [5, 5.41) is 12.3. The summed E-state index contributed by atoms with van der Waals surface area (Å²) in [6.07, 6.45) is 13.8. The van der Waals surface area contributed by atoms with Gasteiger partial charge in [0.25, 0.3) is 0 Å². The zero-order valence-electron chi connectivity index (χ0n) is 20.5. The Kier molecular flexibility index (Phi) is 6.02. The van der Waals surface area contributed by atoms with Crippen molar-refractivity contribution in [1.82, 2.24) is 0 Å². The van der Waals surface area contributed by atoms with Gasteiger partial charge in [-0.1, -0.05) is 78.7 Å². The van der Waals surface area contributed by atoms with Crippen LogP contribution in [0, 0.1) is 17.3 Å². The molecule has 3 aliphatic carbocycles. The molecule has 3 heteroatoms. The summed E-state index contributed by atoms with van der Waals surface area (Å²) in [6.45, 7) is 0. The Labute approximate surface area is 208 Å². The van der Waals surface area contributed by atoms with E-state index in [1.54, 1.807) is 0 Å². The summed E-state index contributed by atoms with van der Waals surface area (Å²) in [6, 6.07) is 20.3. The Morgan fingerprint density at radius 1 is 0.914 bits per heavy atom. The van der Waals surface area contributed by atoms with E-state index in [9.17, 15) is 9.90 Å². The molecule has 0 radical (unpaired) electrons. The molecule has 0 aromatic heterocycles. The number of carbonyl (C=O) groups is 1. The average molecular weight is 469 g/mol. The zero-order valence-corrected chi connectivity index (χ0v) is 20.5. The van der Waals surface area contributed by atoms with Gasteiger partial charge in [0.15, 0.2) is 11.6 Å². The Morgan fingerprint density at radius 2 is 1.69 bits per heavy atom. The van der Waals surface area contributed by atoms with Crippen molar-refractivity contribution in [3.05, 3.63) is 89.0 Å². The van der Waals surface area contributed by atoms with E-state index in [0.717, 1.165) is 61.6 Å². The lowest BCUT2D eigenvalue weighted by Crippen LogP contribution is -2.59. The second kappa shape index (κ2) is 9.19. The first-order chi connectivity index (χ1) is 17.1. The fraction of sp³-hybridized carbons (Fsp3) is 0.469. The van der Waals surface area contributed by atoms with Crippen LogP contribution in [0.1, 0.15) is 81.4 Å². The van der Waals surface area contributed by atoms with Crippen molar-refractivity contribution in [1.29, 1.82) is 0 Å². The Balaban J connectivity index is 1.40. The molecule has 182 valence electrons. The predicted molar refractivity (Wildman–Crippen MR) is 138 cm³/mol. The fourth-order valence-corrected chi connectivity index (χ4v) is 7.42. The van der Waals surface area contributed by atoms with Crippen LogP contribution in [0.5, 0.6) is 0 Å². The van der Waals surface area contributed by atoms with E-state index < -0.39 is 17.3 Å². The molecule has 0 unspecified atom stereocenters. The summed E-state index contributed by atoms with van der Waals surface area (Å²) >= 11 is 0. The lowest BCUT2D eigenvalue weighted by atomic mass is 9.60. The maximum absolute atomic E-state index is 14.2. The molecule has 2 saturated carbocycles. The van der Waals surface area contributed by atoms with Crippen LogP contribution in [0.4, 0.5) is 0 Å². The summed E-state index contributed by atoms with van der Waals surface area (Å²) in [7, 11) is 0. The molecule has 1 saturated heterocycles. The van der Waals surface area contributed by atoms with E-state index in [1.165, 1.54) is 18.4 Å². The quantitative estimate of drug-likeness (QED) is 0.383. The van der Waals surface area contributed by atoms with E-state index in [2.05, 4.69) is 36.4 Å². The molecular formula is C32H36O3. The highest BCUT2D eigenvalue weighted by Crippen LogP contribution is 2.62. The Bertz CT molecular complexity index is 1130. The van der Waals surface area contributed by atoms with Crippen molar-refractivity contribution >= 4 is 11.9 Å². The van der Waals surface area contributed by atoms with Crippen molar-refractivity contribution in [2.45, 2.75) is 76.1 Å². The molecule has 1 heterocycles. The monoisotopic (exact) mass is 468 g/mol. The van der Waals surface area contributed by atoms with Crippen LogP contribution in [-0.2, 0) is 9.53 Å². The standard InChI is InChI=1S/C32H36O3/c33-29-26(21-23-11-4-1-5-12-23)19-20-31(29)22-27-17-10-18-28(24-13-6-2-7-14-24)32(27,34)35-30(31)25-15-8-3-9-16-25/h1,3-5,8-9,11-13,15-16,21,27-28,30,34H,2,6-7,10,14,17-20,22H2/b26-21+/t27-,28-,30-,31+,32-/m1/s1. The third-order valence-corrected chi connectivity index (χ3v) is 9.15. The Morgan fingerprint density at radius 3 is 2.43 bits per heavy atom. The van der Waals surface area contributed by atoms with Crippen LogP contribution in [0.2, 0.25) is 0 Å². The van der Waals surface area contributed by atoms with Crippen LogP contribution >= 0.6 is 0 Å². The average Bonchev–Trinajstić information content (AvgIpc) is 3.20. The normalized spacial score (nSPS) is 36.3. The van der Waals surface area contributed by atoms with Crippen LogP contribution < -0.4 is 0 Å². The molecule has 5 atom stereocenters. The SMILES string of the molecule is O=C1/C(=C/c2ccccc2)CC[C@]12C[C@H]1CCC[C@H](C3=CCCCC3)[C@]1(O)O[C@@H]2c1ccccc1. The molecule has 2 aromatic rings. The number of benzene rings is 2. The highest BCUT2D eigenvalue weighted by Gasteiger charge is 2.63. The summed E-state index contributed by atoms with van der Waals surface area (Å²) in [4.78, 5) is 14.2. The Hall–Kier alpha value is -2.49. The van der Waals surface area contributed by atoms with Crippen molar-refractivity contribution < 1.29 is 14.6 Å². The number of ketones is 1. The van der Waals surface area contributed by atoms with Crippen molar-refractivity contribution in [2.24, 2.45) is 17.3 Å². The highest BCUT2D eigenvalue weighted by molar-refractivity contribution is 6.06. The van der Waals surface area contributed by atoms with Gasteiger partial charge in [0.1, 0.15) is 0 Å². The topological polar surface area (TPSA) is 46.5 Å². The molecule has 1 aliphatic heterocycles. The second-order valence-corrected chi connectivity index (χ2v) is 11.1.